The molecule has 0 fully saturated rings. The molecular weight excluding hydrogens is 488 g/mol. The summed E-state index contributed by atoms with van der Waals surface area (Å²) in [5.74, 6) is 0. The van der Waals surface area contributed by atoms with Gasteiger partial charge in [-0.3, -0.25) is 0 Å². The fourth-order valence-corrected chi connectivity index (χ4v) is 18.5. The maximum atomic E-state index is 2.59. The van der Waals surface area contributed by atoms with E-state index in [9.17, 15) is 0 Å². The Balaban J connectivity index is 0.000000845. The van der Waals surface area contributed by atoms with Gasteiger partial charge >= 0.3 is 144 Å². The first-order valence-corrected chi connectivity index (χ1v) is 12.6. The summed E-state index contributed by atoms with van der Waals surface area (Å²) >= 11 is -0.898. The van der Waals surface area contributed by atoms with Crippen LogP contribution in [0, 0.1) is 0 Å². The number of fused-ring (bicyclic) bond motifs is 2. The van der Waals surface area contributed by atoms with Crippen molar-refractivity contribution in [1.29, 1.82) is 0 Å². The fraction of sp³-hybridized carbons (Fsp3) is 0.100. The predicted octanol–water partition coefficient (Wildman–Crippen LogP) is -1.05. The first-order chi connectivity index (χ1) is 10.9. The summed E-state index contributed by atoms with van der Waals surface area (Å²) in [5, 5.41) is 3.27. The van der Waals surface area contributed by atoms with Crippen LogP contribution < -0.4 is 14.7 Å². The second-order valence-corrected chi connectivity index (χ2v) is 15.7. The molecule has 0 bridgehead atoms. The van der Waals surface area contributed by atoms with Crippen LogP contribution in [0.2, 0.25) is 0 Å². The molecule has 1 aliphatic heterocycles. The molecule has 118 valence electrons. The van der Waals surface area contributed by atoms with Gasteiger partial charge in [-0.15, -0.1) is 0 Å². The van der Waals surface area contributed by atoms with Crippen molar-refractivity contribution in [3.05, 3.63) is 92.6 Å². The normalized spacial score (nSPS) is 24.8. The molecule has 2 atom stereocenters. The minimum atomic E-state index is -0.898. The number of halogens is 2. The van der Waals surface area contributed by atoms with Crippen molar-refractivity contribution in [3.63, 3.8) is 0 Å². The van der Waals surface area contributed by atoms with E-state index >= 15 is 0 Å². The monoisotopic (exact) mass is 504 g/mol. The summed E-state index contributed by atoms with van der Waals surface area (Å²) in [5.41, 5.74) is 3.08. The van der Waals surface area contributed by atoms with Crippen LogP contribution in [0.25, 0.3) is 6.08 Å². The van der Waals surface area contributed by atoms with Crippen molar-refractivity contribution in [2.45, 2.75) is 9.33 Å². The third kappa shape index (κ3) is 2.36. The van der Waals surface area contributed by atoms with E-state index in [-0.39, 0.29) is 17.3 Å². The molecular formula is C20H15F2HfP. The smallest absolute Gasteiger partial charge is 1.00 e. The minimum Gasteiger partial charge on any atom is -1.00 e. The summed E-state index contributed by atoms with van der Waals surface area (Å²) < 4.78 is 2.25. The van der Waals surface area contributed by atoms with Gasteiger partial charge in [-0.25, -0.2) is 0 Å². The molecule has 5 rings (SSSR count). The number of hydrogen-bond donors (Lipinski definition) is 0. The van der Waals surface area contributed by atoms with Crippen LogP contribution in [0.3, 0.4) is 0 Å². The van der Waals surface area contributed by atoms with Crippen LogP contribution in [0.5, 0.6) is 0 Å². The van der Waals surface area contributed by atoms with E-state index in [2.05, 4.69) is 78.9 Å². The first kappa shape index (κ1) is 17.6. The van der Waals surface area contributed by atoms with Crippen molar-refractivity contribution in [2.75, 3.05) is 0 Å². The van der Waals surface area contributed by atoms with Crippen LogP contribution in [0.4, 0.5) is 0 Å². The Morgan fingerprint density at radius 1 is 0.875 bits per heavy atom. The van der Waals surface area contributed by atoms with E-state index in [1.165, 1.54) is 12.0 Å². The second kappa shape index (κ2) is 6.61. The number of benzene rings is 2. The molecule has 24 heavy (non-hydrogen) atoms. The van der Waals surface area contributed by atoms with E-state index in [0.717, 1.165) is 0 Å². The van der Waals surface area contributed by atoms with Gasteiger partial charge < -0.3 is 9.41 Å². The Hall–Kier alpha value is -1.18. The average molecular weight is 503 g/mol. The molecule has 2 aromatic carbocycles. The van der Waals surface area contributed by atoms with E-state index in [1.54, 1.807) is 16.2 Å². The van der Waals surface area contributed by atoms with Crippen molar-refractivity contribution in [2.24, 2.45) is 0 Å². The number of allylic oxidation sites excluding steroid dienone is 5. The summed E-state index contributed by atoms with van der Waals surface area (Å²) in [7, 11) is -0.260. The molecule has 2 aliphatic carbocycles. The van der Waals surface area contributed by atoms with Crippen LogP contribution in [0.15, 0.2) is 81.5 Å². The Morgan fingerprint density at radius 3 is 2.46 bits per heavy atom. The van der Waals surface area contributed by atoms with Gasteiger partial charge in [-0.05, 0) is 0 Å². The summed E-state index contributed by atoms with van der Waals surface area (Å²) in [6, 6.07) is 20.4. The zero-order valence-corrected chi connectivity index (χ0v) is 17.4. The van der Waals surface area contributed by atoms with Crippen molar-refractivity contribution < 1.29 is 32.3 Å². The van der Waals surface area contributed by atoms with Crippen molar-refractivity contribution in [3.8, 4) is 0 Å². The molecule has 2 unspecified atom stereocenters. The third-order valence-electron chi connectivity index (χ3n) is 4.73. The molecule has 0 nitrogen and oxygen atoms in total. The summed E-state index contributed by atoms with van der Waals surface area (Å²) in [4.78, 5) is 0. The first-order valence-electron chi connectivity index (χ1n) is 7.70. The zero-order valence-electron chi connectivity index (χ0n) is 12.9. The van der Waals surface area contributed by atoms with E-state index < -0.39 is 22.9 Å². The second-order valence-electron chi connectivity index (χ2n) is 5.95. The third-order valence-corrected chi connectivity index (χ3v) is 17.3. The van der Waals surface area contributed by atoms with Crippen LogP contribution in [0.1, 0.15) is 17.5 Å². The maximum absolute atomic E-state index is 2.59. The minimum absolute atomic E-state index is 0. The summed E-state index contributed by atoms with van der Waals surface area (Å²) in [6.45, 7) is 0. The molecule has 1 heterocycles. The maximum Gasteiger partial charge on any atom is -1.00 e. The van der Waals surface area contributed by atoms with Crippen LogP contribution >= 0.6 is 7.92 Å². The summed E-state index contributed by atoms with van der Waals surface area (Å²) in [6.07, 6.45) is 11.1. The Morgan fingerprint density at radius 2 is 1.62 bits per heavy atom. The van der Waals surface area contributed by atoms with Gasteiger partial charge in [0.2, 0.25) is 0 Å². The van der Waals surface area contributed by atoms with Crippen LogP contribution in [-0.4, -0.2) is 0 Å². The van der Waals surface area contributed by atoms with Crippen molar-refractivity contribution in [1.82, 2.24) is 0 Å². The Bertz CT molecular complexity index is 857. The predicted molar refractivity (Wildman–Crippen MR) is 90.9 cm³/mol. The quantitative estimate of drug-likeness (QED) is 0.345. The van der Waals surface area contributed by atoms with Crippen molar-refractivity contribution >= 4 is 19.3 Å². The number of hydrogen-bond acceptors (Lipinski definition) is 0. The molecule has 0 amide bonds. The fourth-order valence-electron chi connectivity index (χ4n) is 3.81. The SMILES string of the molecule is C1=CC2=[C](C1)[Hf+2][C]1(C=Cc3ccccc31)P2c1ccccc1.[F-].[F-]. The van der Waals surface area contributed by atoms with Gasteiger partial charge in [0.05, 0.1) is 0 Å². The average Bonchev–Trinajstić information content (AvgIpc) is 3.23. The molecule has 0 aromatic heterocycles. The number of rotatable bonds is 1. The van der Waals surface area contributed by atoms with Gasteiger partial charge in [0.1, 0.15) is 0 Å². The molecule has 2 aromatic rings. The Labute approximate surface area is 153 Å². The molecule has 1 spiro atoms. The standard InChI is InChI=1S/C20H15P.2FH.Hf/c1-2-9-17(10-3-1)21(18-11-5-6-12-18)20-15-14-16-8-4-7-13-19(16)20;;;/h1-5,7-11,13-15H,6H2;2*1H;/q;;;+2/p-2. The topological polar surface area (TPSA) is 0 Å². The molecule has 0 radical (unpaired) electrons. The van der Waals surface area contributed by atoms with E-state index in [4.69, 9.17) is 0 Å². The van der Waals surface area contributed by atoms with Crippen LogP contribution in [-0.2, 0) is 25.8 Å². The van der Waals surface area contributed by atoms with Gasteiger partial charge in [-0.2, -0.15) is 0 Å². The molecule has 4 heteroatoms. The largest absolute Gasteiger partial charge is 1.00 e. The van der Waals surface area contributed by atoms with Gasteiger partial charge in [0.15, 0.2) is 0 Å². The van der Waals surface area contributed by atoms with Gasteiger partial charge in [0, 0.05) is 0 Å². The van der Waals surface area contributed by atoms with E-state index in [1.807, 2.05) is 3.33 Å². The van der Waals surface area contributed by atoms with E-state index in [0.29, 0.717) is 2.91 Å². The molecule has 0 saturated heterocycles. The molecule has 0 saturated carbocycles. The molecule has 3 aliphatic rings. The zero-order chi connectivity index (χ0) is 14.6. The Kier molecular flexibility index (Phi) is 4.86. The van der Waals surface area contributed by atoms with Gasteiger partial charge in [0.25, 0.3) is 0 Å². The molecule has 0 N–H and O–H groups in total. The van der Waals surface area contributed by atoms with Gasteiger partial charge in [-0.1, -0.05) is 0 Å².